The Kier molecular flexibility index (Phi) is 6.36. The summed E-state index contributed by atoms with van der Waals surface area (Å²) in [6.45, 7) is 0. The number of carbonyl (C=O) groups excluding carboxylic acids is 1. The van der Waals surface area contributed by atoms with Crippen molar-refractivity contribution in [1.29, 1.82) is 0 Å². The van der Waals surface area contributed by atoms with E-state index < -0.39 is 22.7 Å². The number of nitrogens with zero attached hydrogens (tertiary/aromatic N) is 3. The second-order valence-electron chi connectivity index (χ2n) is 8.77. The van der Waals surface area contributed by atoms with Gasteiger partial charge >= 0.3 is 0 Å². The lowest BCUT2D eigenvalue weighted by molar-refractivity contribution is -0.384. The maximum atomic E-state index is 13.7. The van der Waals surface area contributed by atoms with Gasteiger partial charge in [0.05, 0.1) is 16.7 Å². The van der Waals surface area contributed by atoms with E-state index in [-0.39, 0.29) is 28.0 Å². The highest BCUT2D eigenvalue weighted by atomic mass is 35.5. The molecule has 2 aliphatic rings. The minimum absolute atomic E-state index is 0.0717. The molecule has 6 nitrogen and oxygen atoms in total. The molecule has 2 unspecified atom stereocenters. The lowest BCUT2D eigenvalue weighted by atomic mass is 9.77. The zero-order valence-corrected chi connectivity index (χ0v) is 19.7. The van der Waals surface area contributed by atoms with Crippen molar-refractivity contribution in [3.8, 4) is 0 Å². The van der Waals surface area contributed by atoms with Gasteiger partial charge in [0, 0.05) is 17.5 Å². The summed E-state index contributed by atoms with van der Waals surface area (Å²) in [5.41, 5.74) is 2.89. The number of rotatable bonds is 4. The number of nitro groups is 1. The number of carbonyl (C=O) groups is 1. The molecule has 3 aromatic rings. The predicted molar refractivity (Wildman–Crippen MR) is 133 cm³/mol. The maximum Gasteiger partial charge on any atom is 0.288 e. The number of hydrogen-bond acceptors (Lipinski definition) is 4. The molecule has 0 bridgehead atoms. The molecule has 1 fully saturated rings. The van der Waals surface area contributed by atoms with Crippen LogP contribution >= 0.6 is 11.6 Å². The third kappa shape index (κ3) is 4.52. The molecule has 1 heterocycles. The number of fused-ring (bicyclic) bond motifs is 1. The van der Waals surface area contributed by atoms with Crippen LogP contribution in [0.3, 0.4) is 0 Å². The van der Waals surface area contributed by atoms with Gasteiger partial charge < -0.3 is 0 Å². The van der Waals surface area contributed by atoms with E-state index in [9.17, 15) is 23.7 Å². The number of allylic oxidation sites excluding steroid dienone is 1. The van der Waals surface area contributed by atoms with E-state index in [1.807, 2.05) is 6.08 Å². The van der Waals surface area contributed by atoms with Gasteiger partial charge in [0.2, 0.25) is 0 Å². The molecule has 1 amide bonds. The lowest BCUT2D eigenvalue weighted by Gasteiger charge is -2.29. The summed E-state index contributed by atoms with van der Waals surface area (Å²) in [7, 11) is 0. The predicted octanol–water partition coefficient (Wildman–Crippen LogP) is 6.96. The molecule has 182 valence electrons. The Bertz CT molecular complexity index is 1400. The fraction of sp³-hybridized carbons (Fsp3) is 0.185. The lowest BCUT2D eigenvalue weighted by Crippen LogP contribution is -2.32. The van der Waals surface area contributed by atoms with E-state index in [2.05, 4.69) is 0 Å². The maximum absolute atomic E-state index is 13.7. The molecular formula is C27H20ClF2N3O3. The Morgan fingerprint density at radius 2 is 1.72 bits per heavy atom. The van der Waals surface area contributed by atoms with E-state index in [1.165, 1.54) is 41.4 Å². The average Bonchev–Trinajstić information content (AvgIpc) is 3.26. The standard InChI is InChI=1S/C27H20ClF2N3O3/c28-23-13-8-19(15-24(23)33(35)36)27(34)32-26(17-6-11-21(30)12-7-17)22-3-1-2-18(25(22)31-32)14-16-4-9-20(29)10-5-16/h4-15,22,26H,1-3H2. The van der Waals surface area contributed by atoms with Crippen LogP contribution in [0.15, 0.2) is 77.4 Å². The van der Waals surface area contributed by atoms with Crippen LogP contribution in [0.4, 0.5) is 14.5 Å². The molecule has 5 rings (SSSR count). The van der Waals surface area contributed by atoms with Crippen molar-refractivity contribution < 1.29 is 18.5 Å². The van der Waals surface area contributed by atoms with Crippen LogP contribution in [0.1, 0.15) is 46.8 Å². The van der Waals surface area contributed by atoms with Gasteiger partial charge in [-0.3, -0.25) is 14.9 Å². The summed E-state index contributed by atoms with van der Waals surface area (Å²) < 4.78 is 27.1. The van der Waals surface area contributed by atoms with E-state index >= 15 is 0 Å². The Labute approximate surface area is 210 Å². The van der Waals surface area contributed by atoms with Crippen molar-refractivity contribution in [3.63, 3.8) is 0 Å². The van der Waals surface area contributed by atoms with Gasteiger partial charge in [-0.05, 0) is 78.4 Å². The molecule has 1 saturated carbocycles. The number of hydrogen-bond donors (Lipinski definition) is 0. The number of amides is 1. The first-order chi connectivity index (χ1) is 17.3. The summed E-state index contributed by atoms with van der Waals surface area (Å²) in [5.74, 6) is -1.40. The van der Waals surface area contributed by atoms with Gasteiger partial charge in [0.1, 0.15) is 16.7 Å². The Morgan fingerprint density at radius 1 is 1.06 bits per heavy atom. The van der Waals surface area contributed by atoms with Gasteiger partial charge in [-0.1, -0.05) is 35.9 Å². The zero-order valence-electron chi connectivity index (χ0n) is 18.9. The van der Waals surface area contributed by atoms with Crippen molar-refractivity contribution >= 4 is 35.0 Å². The Balaban J connectivity index is 1.59. The highest BCUT2D eigenvalue weighted by Gasteiger charge is 2.44. The Hall–Kier alpha value is -3.91. The van der Waals surface area contributed by atoms with Gasteiger partial charge in [0.25, 0.3) is 11.6 Å². The van der Waals surface area contributed by atoms with E-state index in [4.69, 9.17) is 16.7 Å². The number of halogens is 3. The van der Waals surface area contributed by atoms with Crippen molar-refractivity contribution in [2.45, 2.75) is 25.3 Å². The minimum Gasteiger partial charge on any atom is -0.267 e. The van der Waals surface area contributed by atoms with E-state index in [1.54, 1.807) is 24.3 Å². The molecule has 0 N–H and O–H groups in total. The fourth-order valence-electron chi connectivity index (χ4n) is 4.84. The SMILES string of the molecule is O=C(c1ccc(Cl)c([N+](=O)[O-])c1)N1N=C2C(=Cc3ccc(F)cc3)CCCC2C1c1ccc(F)cc1. The first kappa shape index (κ1) is 23.8. The normalized spacial score (nSPS) is 20.2. The topological polar surface area (TPSA) is 75.8 Å². The molecular weight excluding hydrogens is 488 g/mol. The summed E-state index contributed by atoms with van der Waals surface area (Å²) in [4.78, 5) is 24.4. The van der Waals surface area contributed by atoms with Crippen LogP contribution in [0.2, 0.25) is 5.02 Å². The number of benzene rings is 3. The summed E-state index contributed by atoms with van der Waals surface area (Å²) in [5, 5.41) is 17.4. The first-order valence-corrected chi connectivity index (χ1v) is 11.8. The second kappa shape index (κ2) is 9.62. The van der Waals surface area contributed by atoms with Gasteiger partial charge in [-0.2, -0.15) is 5.10 Å². The number of hydrazone groups is 1. The van der Waals surface area contributed by atoms with Crippen LogP contribution in [-0.4, -0.2) is 21.6 Å². The third-order valence-corrected chi connectivity index (χ3v) is 6.84. The summed E-state index contributed by atoms with van der Waals surface area (Å²) in [6.07, 6.45) is 4.28. The monoisotopic (exact) mass is 507 g/mol. The van der Waals surface area contributed by atoms with Crippen LogP contribution < -0.4 is 0 Å². The summed E-state index contributed by atoms with van der Waals surface area (Å²) in [6, 6.07) is 15.4. The molecule has 1 aliphatic carbocycles. The molecule has 9 heteroatoms. The third-order valence-electron chi connectivity index (χ3n) is 6.52. The highest BCUT2D eigenvalue weighted by molar-refractivity contribution is 6.32. The molecule has 0 saturated heterocycles. The quantitative estimate of drug-likeness (QED) is 0.283. The average molecular weight is 508 g/mol. The van der Waals surface area contributed by atoms with Crippen LogP contribution in [0.25, 0.3) is 6.08 Å². The molecule has 1 aliphatic heterocycles. The summed E-state index contributed by atoms with van der Waals surface area (Å²) >= 11 is 5.94. The zero-order chi connectivity index (χ0) is 25.4. The molecule has 0 radical (unpaired) electrons. The van der Waals surface area contributed by atoms with Crippen molar-refractivity contribution in [1.82, 2.24) is 5.01 Å². The van der Waals surface area contributed by atoms with E-state index in [0.717, 1.165) is 42.2 Å². The van der Waals surface area contributed by atoms with Crippen molar-refractivity contribution in [2.75, 3.05) is 0 Å². The smallest absolute Gasteiger partial charge is 0.267 e. The molecule has 2 atom stereocenters. The molecule has 0 spiro atoms. The van der Waals surface area contributed by atoms with Crippen molar-refractivity contribution in [2.24, 2.45) is 11.0 Å². The van der Waals surface area contributed by atoms with Crippen molar-refractivity contribution in [3.05, 3.63) is 116 Å². The first-order valence-electron chi connectivity index (χ1n) is 11.4. The largest absolute Gasteiger partial charge is 0.288 e. The van der Waals surface area contributed by atoms with Crippen LogP contribution in [-0.2, 0) is 0 Å². The minimum atomic E-state index is -0.643. The number of nitro benzene ring substituents is 1. The molecule has 3 aromatic carbocycles. The highest BCUT2D eigenvalue weighted by Crippen LogP contribution is 2.45. The second-order valence-corrected chi connectivity index (χ2v) is 9.18. The van der Waals surface area contributed by atoms with Crippen LogP contribution in [0, 0.1) is 27.7 Å². The Morgan fingerprint density at radius 3 is 2.39 bits per heavy atom. The van der Waals surface area contributed by atoms with Gasteiger partial charge in [-0.25, -0.2) is 13.8 Å². The van der Waals surface area contributed by atoms with Crippen LogP contribution in [0.5, 0.6) is 0 Å². The van der Waals surface area contributed by atoms with Gasteiger partial charge in [0.15, 0.2) is 0 Å². The van der Waals surface area contributed by atoms with E-state index in [0.29, 0.717) is 5.56 Å². The van der Waals surface area contributed by atoms with Gasteiger partial charge in [-0.15, -0.1) is 0 Å². The molecule has 36 heavy (non-hydrogen) atoms. The fourth-order valence-corrected chi connectivity index (χ4v) is 5.03. The molecule has 0 aromatic heterocycles.